The quantitative estimate of drug-likeness (QED) is 0.314. The second-order valence-electron chi connectivity index (χ2n) is 7.63. The third-order valence-corrected chi connectivity index (χ3v) is 5.46. The van der Waals surface area contributed by atoms with Crippen molar-refractivity contribution in [2.75, 3.05) is 0 Å². The molecule has 5 rings (SSSR count). The van der Waals surface area contributed by atoms with E-state index in [-0.39, 0.29) is 12.5 Å². The first-order valence-electron chi connectivity index (χ1n) is 10.6. The Morgan fingerprint density at radius 1 is 0.875 bits per heavy atom. The minimum atomic E-state index is -0.195. The molecule has 1 N–H and O–H groups in total. The van der Waals surface area contributed by atoms with Crippen molar-refractivity contribution in [3.63, 3.8) is 0 Å². The van der Waals surface area contributed by atoms with Gasteiger partial charge in [0.05, 0.1) is 17.2 Å². The van der Waals surface area contributed by atoms with Gasteiger partial charge in [0.15, 0.2) is 0 Å². The fourth-order valence-corrected chi connectivity index (χ4v) is 3.93. The molecule has 32 heavy (non-hydrogen) atoms. The number of aromatic nitrogens is 2. The zero-order valence-electron chi connectivity index (χ0n) is 17.5. The van der Waals surface area contributed by atoms with Gasteiger partial charge in [-0.2, -0.15) is 5.10 Å². The van der Waals surface area contributed by atoms with Gasteiger partial charge in [-0.15, -0.1) is 0 Å². The first kappa shape index (κ1) is 19.7. The van der Waals surface area contributed by atoms with E-state index in [9.17, 15) is 4.79 Å². The molecule has 0 fully saturated rings. The van der Waals surface area contributed by atoms with E-state index < -0.39 is 0 Å². The number of hydrogen-bond donors (Lipinski definition) is 1. The minimum Gasteiger partial charge on any atom is -0.318 e. The Morgan fingerprint density at radius 3 is 2.53 bits per heavy atom. The second-order valence-corrected chi connectivity index (χ2v) is 7.63. The third-order valence-electron chi connectivity index (χ3n) is 5.46. The van der Waals surface area contributed by atoms with Crippen molar-refractivity contribution in [2.45, 2.75) is 13.0 Å². The Labute approximate surface area is 186 Å². The molecule has 0 aliphatic heterocycles. The molecule has 5 aromatic rings. The summed E-state index contributed by atoms with van der Waals surface area (Å²) in [6.07, 6.45) is 2.35. The lowest BCUT2D eigenvalue weighted by atomic mass is 10.1. The van der Waals surface area contributed by atoms with E-state index in [0.717, 1.165) is 38.8 Å². The van der Waals surface area contributed by atoms with Gasteiger partial charge in [0, 0.05) is 12.0 Å². The first-order valence-corrected chi connectivity index (χ1v) is 10.6. The zero-order chi connectivity index (χ0) is 21.8. The molecule has 0 spiro atoms. The van der Waals surface area contributed by atoms with Gasteiger partial charge in [0.1, 0.15) is 12.4 Å². The van der Waals surface area contributed by atoms with E-state index in [4.69, 9.17) is 4.98 Å². The average Bonchev–Trinajstić information content (AvgIpc) is 3.16. The molecule has 0 aliphatic rings. The van der Waals surface area contributed by atoms with Crippen LogP contribution < -0.4 is 5.43 Å². The minimum absolute atomic E-state index is 0.148. The fraction of sp³-hybridized carbons (Fsp3) is 0.0741. The largest absolute Gasteiger partial charge is 0.318 e. The standard InChI is InChI=1S/C27H22N4O/c32-27(30-28-18-22-13-8-12-21-11-4-5-14-23(21)22)19-31-25-16-7-6-15-24(25)29-26(31)17-20-9-2-1-3-10-20/h1-16,18H,17,19H2,(H,30,32)/b28-18+. The van der Waals surface area contributed by atoms with Crippen LogP contribution in [0.25, 0.3) is 21.8 Å². The van der Waals surface area contributed by atoms with Crippen molar-refractivity contribution in [2.24, 2.45) is 5.10 Å². The number of para-hydroxylation sites is 2. The van der Waals surface area contributed by atoms with E-state index in [1.807, 2.05) is 77.4 Å². The Hall–Kier alpha value is -4.25. The molecule has 0 aliphatic carbocycles. The number of hydrogen-bond acceptors (Lipinski definition) is 3. The van der Waals surface area contributed by atoms with Crippen molar-refractivity contribution in [3.8, 4) is 0 Å². The lowest BCUT2D eigenvalue weighted by Crippen LogP contribution is -2.24. The SMILES string of the molecule is O=C(Cn1c(Cc2ccccc2)nc2ccccc21)N/N=C/c1cccc2ccccc12. The van der Waals surface area contributed by atoms with Crippen molar-refractivity contribution >= 4 is 33.9 Å². The molecule has 0 saturated heterocycles. The molecule has 0 bridgehead atoms. The summed E-state index contributed by atoms with van der Waals surface area (Å²) in [5.74, 6) is 0.657. The van der Waals surface area contributed by atoms with Gasteiger partial charge in [-0.3, -0.25) is 4.79 Å². The molecule has 0 atom stereocenters. The molecule has 4 aromatic carbocycles. The molecule has 0 radical (unpaired) electrons. The Bertz CT molecular complexity index is 1410. The molecular weight excluding hydrogens is 396 g/mol. The van der Waals surface area contributed by atoms with Crippen molar-refractivity contribution in [1.82, 2.24) is 15.0 Å². The molecule has 0 unspecified atom stereocenters. The van der Waals surface area contributed by atoms with Crippen LogP contribution >= 0.6 is 0 Å². The number of carbonyl (C=O) groups is 1. The van der Waals surface area contributed by atoms with Gasteiger partial charge in [-0.05, 0) is 28.5 Å². The Kier molecular flexibility index (Phi) is 5.45. The van der Waals surface area contributed by atoms with Crippen LogP contribution in [0.1, 0.15) is 17.0 Å². The van der Waals surface area contributed by atoms with Crippen molar-refractivity contribution in [1.29, 1.82) is 0 Å². The van der Waals surface area contributed by atoms with Crippen molar-refractivity contribution < 1.29 is 4.79 Å². The monoisotopic (exact) mass is 418 g/mol. The van der Waals surface area contributed by atoms with Gasteiger partial charge in [-0.1, -0.05) is 84.9 Å². The second kappa shape index (κ2) is 8.86. The highest BCUT2D eigenvalue weighted by atomic mass is 16.2. The number of imidazole rings is 1. The molecule has 5 nitrogen and oxygen atoms in total. The van der Waals surface area contributed by atoms with Gasteiger partial charge in [0.25, 0.3) is 5.91 Å². The lowest BCUT2D eigenvalue weighted by molar-refractivity contribution is -0.121. The molecule has 156 valence electrons. The van der Waals surface area contributed by atoms with Gasteiger partial charge < -0.3 is 4.57 Å². The van der Waals surface area contributed by atoms with Crippen LogP contribution in [0.4, 0.5) is 0 Å². The number of fused-ring (bicyclic) bond motifs is 2. The maximum Gasteiger partial charge on any atom is 0.260 e. The number of nitrogens with one attached hydrogen (secondary N) is 1. The number of benzene rings is 4. The summed E-state index contributed by atoms with van der Waals surface area (Å²) in [6.45, 7) is 0.148. The molecule has 5 heteroatoms. The summed E-state index contributed by atoms with van der Waals surface area (Å²) >= 11 is 0. The summed E-state index contributed by atoms with van der Waals surface area (Å²) < 4.78 is 1.96. The Morgan fingerprint density at radius 2 is 1.62 bits per heavy atom. The smallest absolute Gasteiger partial charge is 0.260 e. The first-order chi connectivity index (χ1) is 15.8. The van der Waals surface area contributed by atoms with E-state index in [1.54, 1.807) is 6.21 Å². The number of hydrazone groups is 1. The van der Waals surface area contributed by atoms with Gasteiger partial charge in [-0.25, -0.2) is 10.4 Å². The normalized spacial score (nSPS) is 11.4. The summed E-state index contributed by atoms with van der Waals surface area (Å²) in [5, 5.41) is 6.44. The summed E-state index contributed by atoms with van der Waals surface area (Å²) in [6, 6.07) is 32.2. The predicted molar refractivity (Wildman–Crippen MR) is 129 cm³/mol. The molecule has 0 saturated carbocycles. The van der Waals surface area contributed by atoms with Crippen LogP contribution in [0.2, 0.25) is 0 Å². The van der Waals surface area contributed by atoms with Gasteiger partial charge in [0.2, 0.25) is 0 Å². The lowest BCUT2D eigenvalue weighted by Gasteiger charge is -2.08. The van der Waals surface area contributed by atoms with Crippen LogP contribution in [0.5, 0.6) is 0 Å². The van der Waals surface area contributed by atoms with Crippen LogP contribution in [-0.4, -0.2) is 21.7 Å². The van der Waals surface area contributed by atoms with Crippen LogP contribution in [0, 0.1) is 0 Å². The number of nitrogens with zero attached hydrogens (tertiary/aromatic N) is 3. The van der Waals surface area contributed by atoms with Crippen LogP contribution in [-0.2, 0) is 17.8 Å². The van der Waals surface area contributed by atoms with E-state index in [0.29, 0.717) is 6.42 Å². The topological polar surface area (TPSA) is 59.3 Å². The van der Waals surface area contributed by atoms with E-state index in [1.165, 1.54) is 0 Å². The van der Waals surface area contributed by atoms with Crippen LogP contribution in [0.3, 0.4) is 0 Å². The number of amides is 1. The number of rotatable bonds is 6. The fourth-order valence-electron chi connectivity index (χ4n) is 3.93. The average molecular weight is 419 g/mol. The molecule has 1 heterocycles. The molecule has 1 aromatic heterocycles. The van der Waals surface area contributed by atoms with E-state index >= 15 is 0 Å². The maximum absolute atomic E-state index is 12.7. The number of carbonyl (C=O) groups excluding carboxylic acids is 1. The maximum atomic E-state index is 12.7. The molecule has 1 amide bonds. The highest BCUT2D eigenvalue weighted by Gasteiger charge is 2.13. The van der Waals surface area contributed by atoms with Crippen molar-refractivity contribution in [3.05, 3.63) is 114 Å². The summed E-state index contributed by atoms with van der Waals surface area (Å²) in [7, 11) is 0. The Balaban J connectivity index is 1.36. The highest BCUT2D eigenvalue weighted by Crippen LogP contribution is 2.19. The third kappa shape index (κ3) is 4.14. The zero-order valence-corrected chi connectivity index (χ0v) is 17.5. The summed E-state index contributed by atoms with van der Waals surface area (Å²) in [5.41, 5.74) is 6.60. The van der Waals surface area contributed by atoms with Crippen LogP contribution in [0.15, 0.2) is 102 Å². The predicted octanol–water partition coefficient (Wildman–Crippen LogP) is 4.93. The molecular formula is C27H22N4O. The summed E-state index contributed by atoms with van der Waals surface area (Å²) in [4.78, 5) is 17.5. The van der Waals surface area contributed by atoms with E-state index in [2.05, 4.69) is 34.8 Å². The highest BCUT2D eigenvalue weighted by molar-refractivity contribution is 6.00. The van der Waals surface area contributed by atoms with Gasteiger partial charge >= 0.3 is 0 Å².